The topological polar surface area (TPSA) is 108 Å². The first kappa shape index (κ1) is 22.6. The van der Waals surface area contributed by atoms with Crippen LogP contribution in [0.1, 0.15) is 68.2 Å². The van der Waals surface area contributed by atoms with Crippen LogP contribution in [0.4, 0.5) is 4.39 Å². The van der Waals surface area contributed by atoms with Crippen molar-refractivity contribution in [2.24, 2.45) is 5.41 Å². The third-order valence-corrected chi connectivity index (χ3v) is 7.70. The Kier molecular flexibility index (Phi) is 6.22. The smallest absolute Gasteiger partial charge is 0.391 e. The molecule has 1 aromatic carbocycles. The van der Waals surface area contributed by atoms with Crippen LogP contribution < -0.4 is 10.5 Å². The number of nitrogens with one attached hydrogen (secondary N) is 2. The molecule has 1 aromatic heterocycles. The molecule has 0 saturated carbocycles. The van der Waals surface area contributed by atoms with Crippen LogP contribution in [0, 0.1) is 25.1 Å². The second-order valence-corrected chi connectivity index (χ2v) is 10.5. The van der Waals surface area contributed by atoms with Gasteiger partial charge in [-0.25, -0.2) is 14.3 Å². The quantitative estimate of drug-likeness (QED) is 0.718. The molecule has 2 atom stereocenters. The van der Waals surface area contributed by atoms with E-state index in [1.54, 1.807) is 19.9 Å². The van der Waals surface area contributed by atoms with E-state index in [0.717, 1.165) is 18.4 Å². The lowest BCUT2D eigenvalue weighted by Crippen LogP contribution is -2.48. The highest BCUT2D eigenvalue weighted by Crippen LogP contribution is 2.36. The average molecular weight is 441 g/mol. The van der Waals surface area contributed by atoms with Crippen molar-refractivity contribution in [3.63, 3.8) is 0 Å². The van der Waals surface area contributed by atoms with Gasteiger partial charge < -0.3 is 4.42 Å². The van der Waals surface area contributed by atoms with Gasteiger partial charge in [0.05, 0.1) is 0 Å². The van der Waals surface area contributed by atoms with Gasteiger partial charge in [0.2, 0.25) is 5.89 Å². The van der Waals surface area contributed by atoms with Gasteiger partial charge in [-0.2, -0.15) is 17.4 Å². The minimum atomic E-state index is -3.92. The van der Waals surface area contributed by atoms with Crippen molar-refractivity contribution >= 4 is 10.2 Å². The number of aromatic nitrogens is 2. The number of benzene rings is 1. The van der Waals surface area contributed by atoms with Gasteiger partial charge in [0, 0.05) is 19.0 Å². The lowest BCUT2D eigenvalue weighted by Gasteiger charge is -2.37. The van der Waals surface area contributed by atoms with Crippen LogP contribution >= 0.6 is 0 Å². The normalized spacial score (nSPS) is 19.5. The number of H-pyrrole nitrogens is 1. The van der Waals surface area contributed by atoms with E-state index >= 15 is 0 Å². The fourth-order valence-corrected chi connectivity index (χ4v) is 5.28. The first-order valence-corrected chi connectivity index (χ1v) is 11.4. The molecule has 0 unspecified atom stereocenters. The Bertz CT molecular complexity index is 1070. The number of halogens is 1. The number of hydrogen-bond donors (Lipinski definition) is 2. The Morgan fingerprint density at radius 2 is 1.90 bits per heavy atom. The van der Waals surface area contributed by atoms with Crippen molar-refractivity contribution in [2.45, 2.75) is 59.4 Å². The second kappa shape index (κ2) is 8.24. The van der Waals surface area contributed by atoms with Crippen LogP contribution in [0.15, 0.2) is 21.3 Å². The number of nitrogens with zero attached hydrogens (tertiary/aromatic N) is 2. The van der Waals surface area contributed by atoms with E-state index in [4.69, 9.17) is 4.42 Å². The Labute approximate surface area is 176 Å². The fourth-order valence-electron chi connectivity index (χ4n) is 3.84. The van der Waals surface area contributed by atoms with Crippen LogP contribution in [-0.2, 0) is 10.2 Å². The van der Waals surface area contributed by atoms with Crippen molar-refractivity contribution in [3.8, 4) is 0 Å². The van der Waals surface area contributed by atoms with Crippen molar-refractivity contribution in [1.82, 2.24) is 19.2 Å². The SMILES string of the molecule is Cc1ccc(F)c([C@@H](C)[C@H](NS(=O)(=O)N2CCC(C)(C)CC2)c2n[nH]c(=O)o2)c1C. The molecule has 1 saturated heterocycles. The maximum Gasteiger partial charge on any atom is 0.434 e. The van der Waals surface area contributed by atoms with E-state index in [0.29, 0.717) is 24.2 Å². The average Bonchev–Trinajstić information content (AvgIpc) is 3.09. The van der Waals surface area contributed by atoms with Gasteiger partial charge in [-0.1, -0.05) is 26.8 Å². The molecule has 3 rings (SSSR count). The third-order valence-electron chi connectivity index (χ3n) is 6.10. The molecule has 2 aromatic rings. The highest BCUT2D eigenvalue weighted by atomic mass is 32.2. The maximum atomic E-state index is 14.7. The summed E-state index contributed by atoms with van der Waals surface area (Å²) in [5, 5.41) is 5.98. The molecule has 0 radical (unpaired) electrons. The van der Waals surface area contributed by atoms with E-state index < -0.39 is 33.7 Å². The third kappa shape index (κ3) is 4.65. The Morgan fingerprint density at radius 1 is 1.27 bits per heavy atom. The zero-order valence-electron chi connectivity index (χ0n) is 18.0. The molecule has 1 aliphatic heterocycles. The number of hydrogen-bond acceptors (Lipinski definition) is 5. The summed E-state index contributed by atoms with van der Waals surface area (Å²) < 4.78 is 50.0. The fraction of sp³-hybridized carbons (Fsp3) is 0.600. The summed E-state index contributed by atoms with van der Waals surface area (Å²) in [4.78, 5) is 11.5. The lowest BCUT2D eigenvalue weighted by molar-refractivity contribution is 0.193. The predicted molar refractivity (Wildman–Crippen MR) is 111 cm³/mol. The second-order valence-electron chi connectivity index (χ2n) is 8.81. The number of aromatic amines is 1. The minimum Gasteiger partial charge on any atom is -0.391 e. The van der Waals surface area contributed by atoms with E-state index in [1.807, 2.05) is 6.92 Å². The molecule has 0 bridgehead atoms. The zero-order chi connectivity index (χ0) is 22.3. The minimum absolute atomic E-state index is 0.0789. The highest BCUT2D eigenvalue weighted by molar-refractivity contribution is 7.87. The summed E-state index contributed by atoms with van der Waals surface area (Å²) in [6.07, 6.45) is 1.47. The Morgan fingerprint density at radius 3 is 2.47 bits per heavy atom. The van der Waals surface area contributed by atoms with Gasteiger partial charge in [-0.3, -0.25) is 0 Å². The molecule has 30 heavy (non-hydrogen) atoms. The molecule has 2 heterocycles. The van der Waals surface area contributed by atoms with Gasteiger partial charge in [0.1, 0.15) is 11.9 Å². The lowest BCUT2D eigenvalue weighted by atomic mass is 9.83. The van der Waals surface area contributed by atoms with Gasteiger partial charge in [-0.15, -0.1) is 5.10 Å². The standard InChI is InChI=1S/C20H29FN4O4S/c1-12-6-7-15(21)16(13(12)2)14(3)17(18-22-23-19(26)29-18)24-30(27,28)25-10-8-20(4,5)9-11-25/h6-7,14,17,24H,8-11H2,1-5H3,(H,23,26)/t14-,17+/m1/s1. The van der Waals surface area contributed by atoms with Crippen molar-refractivity contribution in [2.75, 3.05) is 13.1 Å². The van der Waals surface area contributed by atoms with Crippen LogP contribution in [0.3, 0.4) is 0 Å². The van der Waals surface area contributed by atoms with E-state index in [-0.39, 0.29) is 11.3 Å². The van der Waals surface area contributed by atoms with Gasteiger partial charge >= 0.3 is 5.76 Å². The first-order chi connectivity index (χ1) is 13.9. The highest BCUT2D eigenvalue weighted by Gasteiger charge is 2.37. The molecule has 0 aliphatic carbocycles. The summed E-state index contributed by atoms with van der Waals surface area (Å²) in [6.45, 7) is 10.3. The van der Waals surface area contributed by atoms with E-state index in [2.05, 4.69) is 28.8 Å². The summed E-state index contributed by atoms with van der Waals surface area (Å²) >= 11 is 0. The molecule has 1 fully saturated rings. The Hall–Kier alpha value is -2.04. The monoisotopic (exact) mass is 440 g/mol. The predicted octanol–water partition coefficient (Wildman–Crippen LogP) is 2.92. The van der Waals surface area contributed by atoms with E-state index in [9.17, 15) is 17.6 Å². The summed E-state index contributed by atoms with van der Waals surface area (Å²) in [6, 6.07) is 1.97. The van der Waals surface area contributed by atoms with Gasteiger partial charge in [0.25, 0.3) is 10.2 Å². The van der Waals surface area contributed by atoms with E-state index in [1.165, 1.54) is 10.4 Å². The number of piperidine rings is 1. The molecule has 10 heteroatoms. The summed E-state index contributed by atoms with van der Waals surface area (Å²) in [5.41, 5.74) is 2.02. The van der Waals surface area contributed by atoms with Crippen molar-refractivity contribution < 1.29 is 17.2 Å². The molecule has 8 nitrogen and oxygen atoms in total. The molecule has 2 N–H and O–H groups in total. The summed E-state index contributed by atoms with van der Waals surface area (Å²) in [7, 11) is -3.92. The van der Waals surface area contributed by atoms with Crippen molar-refractivity contribution in [1.29, 1.82) is 0 Å². The Balaban J connectivity index is 1.97. The van der Waals surface area contributed by atoms with Crippen LogP contribution in [-0.4, -0.2) is 36.0 Å². The molecule has 0 spiro atoms. The van der Waals surface area contributed by atoms with Crippen LogP contribution in [0.2, 0.25) is 0 Å². The van der Waals surface area contributed by atoms with Crippen LogP contribution in [0.5, 0.6) is 0 Å². The molecule has 0 amide bonds. The largest absolute Gasteiger partial charge is 0.434 e. The maximum absolute atomic E-state index is 14.7. The van der Waals surface area contributed by atoms with Gasteiger partial charge in [0.15, 0.2) is 0 Å². The molecule has 1 aliphatic rings. The number of rotatable bonds is 6. The van der Waals surface area contributed by atoms with Crippen LogP contribution in [0.25, 0.3) is 0 Å². The molecular weight excluding hydrogens is 411 g/mol. The van der Waals surface area contributed by atoms with Gasteiger partial charge in [-0.05, 0) is 54.9 Å². The zero-order valence-corrected chi connectivity index (χ0v) is 18.8. The molecular formula is C20H29FN4O4S. The van der Waals surface area contributed by atoms with Crippen molar-refractivity contribution in [3.05, 3.63) is 51.1 Å². The number of aryl methyl sites for hydroxylation is 1. The first-order valence-electron chi connectivity index (χ1n) is 10.00. The summed E-state index contributed by atoms with van der Waals surface area (Å²) in [5.74, 6) is -2.06. The molecule has 166 valence electrons.